The van der Waals surface area contributed by atoms with Crippen molar-refractivity contribution >= 4 is 10.9 Å². The summed E-state index contributed by atoms with van der Waals surface area (Å²) in [4.78, 5) is 0. The summed E-state index contributed by atoms with van der Waals surface area (Å²) in [7, 11) is 1.99. The molecule has 1 N–H and O–H groups in total. The Morgan fingerprint density at radius 1 is 1.40 bits per heavy atom. The predicted molar refractivity (Wildman–Crippen MR) is 59.0 cm³/mol. The van der Waals surface area contributed by atoms with Crippen molar-refractivity contribution < 1.29 is 5.11 Å². The molecule has 0 radical (unpaired) electrons. The van der Waals surface area contributed by atoms with Crippen LogP contribution in [0.3, 0.4) is 0 Å². The van der Waals surface area contributed by atoms with Gasteiger partial charge in [-0.25, -0.2) is 0 Å². The van der Waals surface area contributed by atoms with E-state index in [1.54, 1.807) is 12.1 Å². The highest BCUT2D eigenvalue weighted by molar-refractivity contribution is 5.83. The topological polar surface area (TPSA) is 38.0 Å². The Bertz CT molecular complexity index is 512. The molecule has 1 heterocycles. The second-order valence-corrected chi connectivity index (χ2v) is 4.34. The fourth-order valence-electron chi connectivity index (χ4n) is 2.37. The van der Waals surface area contributed by atoms with Crippen molar-refractivity contribution in [2.45, 2.75) is 25.2 Å². The molecule has 0 atom stereocenters. The summed E-state index contributed by atoms with van der Waals surface area (Å²) < 4.78 is 1.97. The molecule has 0 amide bonds. The van der Waals surface area contributed by atoms with E-state index in [1.165, 1.54) is 30.3 Å². The normalized spacial score (nSPS) is 16.9. The van der Waals surface area contributed by atoms with Crippen LogP contribution in [0.5, 0.6) is 5.75 Å². The number of benzene rings is 1. The predicted octanol–water partition coefficient (Wildman–Crippen LogP) is 2.55. The third kappa shape index (κ3) is 1.23. The molecular weight excluding hydrogens is 188 g/mol. The molecule has 78 valence electrons. The molecule has 0 saturated heterocycles. The fourth-order valence-corrected chi connectivity index (χ4v) is 2.37. The number of nitrogens with zero attached hydrogens (tertiary/aromatic N) is 2. The third-order valence-electron chi connectivity index (χ3n) is 3.36. The Morgan fingerprint density at radius 2 is 2.20 bits per heavy atom. The highest BCUT2D eigenvalue weighted by atomic mass is 16.3. The highest BCUT2D eigenvalue weighted by Crippen LogP contribution is 2.39. The van der Waals surface area contributed by atoms with Gasteiger partial charge in [-0.2, -0.15) is 5.10 Å². The van der Waals surface area contributed by atoms with Crippen LogP contribution >= 0.6 is 0 Å². The smallest absolute Gasteiger partial charge is 0.117 e. The third-order valence-corrected chi connectivity index (χ3v) is 3.36. The lowest BCUT2D eigenvalue weighted by Crippen LogP contribution is -2.13. The van der Waals surface area contributed by atoms with Crippen LogP contribution in [0.15, 0.2) is 18.2 Å². The summed E-state index contributed by atoms with van der Waals surface area (Å²) in [5.74, 6) is 0.963. The zero-order valence-corrected chi connectivity index (χ0v) is 8.77. The standard InChI is InChI=1S/C12H14N2O/c1-14-12(8-3-2-4-8)10-6-5-9(15)7-11(10)13-14/h5-8,15H,2-4H2,1H3. The van der Waals surface area contributed by atoms with Crippen LogP contribution in [0.25, 0.3) is 10.9 Å². The van der Waals surface area contributed by atoms with Gasteiger partial charge >= 0.3 is 0 Å². The number of phenols is 1. The van der Waals surface area contributed by atoms with Crippen molar-refractivity contribution in [2.75, 3.05) is 0 Å². The van der Waals surface area contributed by atoms with E-state index < -0.39 is 0 Å². The van der Waals surface area contributed by atoms with Crippen LogP contribution in [0.4, 0.5) is 0 Å². The van der Waals surface area contributed by atoms with E-state index in [9.17, 15) is 5.11 Å². The number of rotatable bonds is 1. The number of aromatic hydroxyl groups is 1. The summed E-state index contributed by atoms with van der Waals surface area (Å²) in [5, 5.41) is 15.0. The number of hydrogen-bond donors (Lipinski definition) is 1. The van der Waals surface area contributed by atoms with Gasteiger partial charge in [-0.3, -0.25) is 4.68 Å². The van der Waals surface area contributed by atoms with Gasteiger partial charge in [0.2, 0.25) is 0 Å². The average Bonchev–Trinajstić information content (AvgIpc) is 2.40. The summed E-state index contributed by atoms with van der Waals surface area (Å²) in [6.45, 7) is 0. The first-order valence-corrected chi connectivity index (χ1v) is 5.41. The molecule has 3 rings (SSSR count). The molecule has 2 aromatic rings. The van der Waals surface area contributed by atoms with Gasteiger partial charge in [0.25, 0.3) is 0 Å². The molecule has 0 bridgehead atoms. The lowest BCUT2D eigenvalue weighted by Gasteiger charge is -2.25. The van der Waals surface area contributed by atoms with E-state index in [2.05, 4.69) is 5.10 Å². The minimum absolute atomic E-state index is 0.292. The molecule has 0 aliphatic heterocycles. The molecule has 1 aliphatic rings. The van der Waals surface area contributed by atoms with E-state index in [4.69, 9.17) is 0 Å². The first-order chi connectivity index (χ1) is 7.25. The van der Waals surface area contributed by atoms with Crippen LogP contribution in [-0.2, 0) is 7.05 Å². The minimum Gasteiger partial charge on any atom is -0.508 e. The highest BCUT2D eigenvalue weighted by Gasteiger charge is 2.25. The van der Waals surface area contributed by atoms with Gasteiger partial charge in [0.15, 0.2) is 0 Å². The number of fused-ring (bicyclic) bond motifs is 1. The summed E-state index contributed by atoms with van der Waals surface area (Å²) in [6, 6.07) is 5.45. The SMILES string of the molecule is Cn1nc2cc(O)ccc2c1C1CCC1. The summed E-state index contributed by atoms with van der Waals surface area (Å²) in [5.41, 5.74) is 2.23. The Hall–Kier alpha value is -1.51. The van der Waals surface area contributed by atoms with Gasteiger partial charge in [0, 0.05) is 30.1 Å². The Balaban J connectivity index is 2.23. The molecule has 0 spiro atoms. The van der Waals surface area contributed by atoms with Gasteiger partial charge in [0.1, 0.15) is 5.75 Å². The van der Waals surface area contributed by atoms with Crippen molar-refractivity contribution in [2.24, 2.45) is 7.05 Å². The maximum absolute atomic E-state index is 9.39. The Morgan fingerprint density at radius 3 is 2.87 bits per heavy atom. The minimum atomic E-state index is 0.292. The van der Waals surface area contributed by atoms with E-state index in [-0.39, 0.29) is 0 Å². The van der Waals surface area contributed by atoms with Gasteiger partial charge in [0.05, 0.1) is 5.52 Å². The van der Waals surface area contributed by atoms with Crippen LogP contribution in [-0.4, -0.2) is 14.9 Å². The van der Waals surface area contributed by atoms with Crippen molar-refractivity contribution in [3.63, 3.8) is 0 Å². The average molecular weight is 202 g/mol. The van der Waals surface area contributed by atoms with Crippen molar-refractivity contribution in [3.8, 4) is 5.75 Å². The quantitative estimate of drug-likeness (QED) is 0.771. The molecular formula is C12H14N2O. The van der Waals surface area contributed by atoms with Crippen LogP contribution in [0, 0.1) is 0 Å². The van der Waals surface area contributed by atoms with E-state index >= 15 is 0 Å². The number of hydrogen-bond acceptors (Lipinski definition) is 2. The monoisotopic (exact) mass is 202 g/mol. The van der Waals surface area contributed by atoms with Crippen LogP contribution in [0.1, 0.15) is 30.9 Å². The second kappa shape index (κ2) is 2.99. The van der Waals surface area contributed by atoms with E-state index in [0.29, 0.717) is 11.7 Å². The van der Waals surface area contributed by atoms with Gasteiger partial charge in [-0.1, -0.05) is 6.42 Å². The fraction of sp³-hybridized carbons (Fsp3) is 0.417. The first-order valence-electron chi connectivity index (χ1n) is 5.41. The molecule has 1 aromatic heterocycles. The maximum Gasteiger partial charge on any atom is 0.117 e. The Labute approximate surface area is 88.3 Å². The van der Waals surface area contributed by atoms with Crippen molar-refractivity contribution in [1.82, 2.24) is 9.78 Å². The van der Waals surface area contributed by atoms with Crippen molar-refractivity contribution in [3.05, 3.63) is 23.9 Å². The summed E-state index contributed by atoms with van der Waals surface area (Å²) in [6.07, 6.45) is 3.88. The zero-order valence-electron chi connectivity index (χ0n) is 8.77. The van der Waals surface area contributed by atoms with E-state index in [0.717, 1.165) is 5.52 Å². The van der Waals surface area contributed by atoms with Gasteiger partial charge in [-0.05, 0) is 25.0 Å². The summed E-state index contributed by atoms with van der Waals surface area (Å²) >= 11 is 0. The molecule has 1 aromatic carbocycles. The molecule has 1 fully saturated rings. The molecule has 3 heteroatoms. The number of aromatic nitrogens is 2. The van der Waals surface area contributed by atoms with Crippen LogP contribution in [0.2, 0.25) is 0 Å². The zero-order chi connectivity index (χ0) is 10.4. The Kier molecular flexibility index (Phi) is 1.75. The lowest BCUT2D eigenvalue weighted by atomic mass is 9.82. The van der Waals surface area contributed by atoms with Gasteiger partial charge < -0.3 is 5.11 Å². The molecule has 1 aliphatic carbocycles. The maximum atomic E-state index is 9.39. The molecule has 15 heavy (non-hydrogen) atoms. The molecule has 3 nitrogen and oxygen atoms in total. The number of aryl methyl sites for hydroxylation is 1. The molecule has 0 unspecified atom stereocenters. The van der Waals surface area contributed by atoms with E-state index in [1.807, 2.05) is 17.8 Å². The van der Waals surface area contributed by atoms with Crippen LogP contribution < -0.4 is 0 Å². The van der Waals surface area contributed by atoms with Gasteiger partial charge in [-0.15, -0.1) is 0 Å². The number of phenolic OH excluding ortho intramolecular Hbond substituents is 1. The second-order valence-electron chi connectivity index (χ2n) is 4.34. The first kappa shape index (κ1) is 8.77. The molecule has 1 saturated carbocycles. The largest absolute Gasteiger partial charge is 0.508 e. The lowest BCUT2D eigenvalue weighted by molar-refractivity contribution is 0.399. The van der Waals surface area contributed by atoms with Crippen molar-refractivity contribution in [1.29, 1.82) is 0 Å².